The van der Waals surface area contributed by atoms with Gasteiger partial charge in [-0.1, -0.05) is 13.8 Å². The summed E-state index contributed by atoms with van der Waals surface area (Å²) in [6.45, 7) is 8.38. The van der Waals surface area contributed by atoms with Crippen molar-refractivity contribution in [1.29, 1.82) is 0 Å². The van der Waals surface area contributed by atoms with Crippen LogP contribution in [0.25, 0.3) is 0 Å². The highest BCUT2D eigenvalue weighted by Gasteiger charge is 2.22. The van der Waals surface area contributed by atoms with Crippen LogP contribution in [0.1, 0.15) is 20.3 Å². The zero-order chi connectivity index (χ0) is 9.14. The molecule has 0 aromatic rings. The molecule has 1 heterocycles. The fourth-order valence-electron chi connectivity index (χ4n) is 2.03. The van der Waals surface area contributed by atoms with Crippen LogP contribution < -0.4 is 0 Å². The van der Waals surface area contributed by atoms with Crippen molar-refractivity contribution in [3.63, 3.8) is 0 Å². The quantitative estimate of drug-likeness (QED) is 0.585. The molecule has 1 aliphatic rings. The zero-order valence-corrected chi connectivity index (χ0v) is 8.88. The molecule has 0 aromatic heterocycles. The van der Waals surface area contributed by atoms with Gasteiger partial charge in [-0.3, -0.25) is 0 Å². The highest BCUT2D eigenvalue weighted by Crippen LogP contribution is 2.13. The largest absolute Gasteiger partial charge is 0.305 e. The lowest BCUT2D eigenvalue weighted by Crippen LogP contribution is -2.41. The Kier molecular flexibility index (Phi) is 3.53. The molecule has 2 heteroatoms. The maximum absolute atomic E-state index is 2.51. The standard InChI is InChI=1S/C10H22N2/c1-9(2)10-8-11(3)6-5-7-12(10)4/h9-10H,5-8H2,1-4H3. The van der Waals surface area contributed by atoms with Crippen molar-refractivity contribution in [3.8, 4) is 0 Å². The van der Waals surface area contributed by atoms with Gasteiger partial charge in [0.2, 0.25) is 0 Å². The van der Waals surface area contributed by atoms with Gasteiger partial charge in [0, 0.05) is 12.6 Å². The summed E-state index contributed by atoms with van der Waals surface area (Å²) in [7, 11) is 4.48. The number of likely N-dealkylation sites (N-methyl/N-ethyl adjacent to an activating group) is 2. The predicted molar refractivity (Wildman–Crippen MR) is 53.4 cm³/mol. The molecule has 0 saturated carbocycles. The van der Waals surface area contributed by atoms with E-state index < -0.39 is 0 Å². The Balaban J connectivity index is 2.54. The number of hydrogen-bond donors (Lipinski definition) is 0. The first-order chi connectivity index (χ1) is 5.61. The molecule has 0 bridgehead atoms. The van der Waals surface area contributed by atoms with E-state index in [0.29, 0.717) is 0 Å². The third kappa shape index (κ3) is 2.46. The second-order valence-corrected chi connectivity index (χ2v) is 4.41. The van der Waals surface area contributed by atoms with Gasteiger partial charge in [-0.25, -0.2) is 0 Å². The molecule has 1 unspecified atom stereocenters. The van der Waals surface area contributed by atoms with Gasteiger partial charge in [0.1, 0.15) is 0 Å². The average Bonchev–Trinajstić information content (AvgIpc) is 2.13. The normalized spacial score (nSPS) is 29.2. The third-order valence-electron chi connectivity index (χ3n) is 2.89. The molecule has 1 fully saturated rings. The van der Waals surface area contributed by atoms with Crippen LogP contribution in [0.4, 0.5) is 0 Å². The van der Waals surface area contributed by atoms with Crippen LogP contribution in [-0.4, -0.2) is 49.6 Å². The summed E-state index contributed by atoms with van der Waals surface area (Å²) in [6, 6.07) is 0.748. The van der Waals surface area contributed by atoms with Crippen LogP contribution >= 0.6 is 0 Å². The molecule has 1 aliphatic heterocycles. The smallest absolute Gasteiger partial charge is 0.0242 e. The van der Waals surface area contributed by atoms with E-state index in [4.69, 9.17) is 0 Å². The molecule has 0 amide bonds. The van der Waals surface area contributed by atoms with Crippen molar-refractivity contribution in [2.24, 2.45) is 5.92 Å². The van der Waals surface area contributed by atoms with Crippen molar-refractivity contribution in [2.45, 2.75) is 26.3 Å². The van der Waals surface area contributed by atoms with Gasteiger partial charge in [0.15, 0.2) is 0 Å². The fourth-order valence-corrected chi connectivity index (χ4v) is 2.03. The average molecular weight is 170 g/mol. The fraction of sp³-hybridized carbons (Fsp3) is 1.00. The summed E-state index contributed by atoms with van der Waals surface area (Å²) in [4.78, 5) is 4.96. The second kappa shape index (κ2) is 4.24. The maximum atomic E-state index is 2.51. The highest BCUT2D eigenvalue weighted by molar-refractivity contribution is 4.78. The van der Waals surface area contributed by atoms with Gasteiger partial charge in [-0.2, -0.15) is 0 Å². The molecular weight excluding hydrogens is 148 g/mol. The maximum Gasteiger partial charge on any atom is 0.0242 e. The number of nitrogens with zero attached hydrogens (tertiary/aromatic N) is 2. The second-order valence-electron chi connectivity index (χ2n) is 4.41. The van der Waals surface area contributed by atoms with Crippen molar-refractivity contribution >= 4 is 0 Å². The summed E-state index contributed by atoms with van der Waals surface area (Å²) < 4.78 is 0. The monoisotopic (exact) mass is 170 g/mol. The molecule has 0 N–H and O–H groups in total. The van der Waals surface area contributed by atoms with E-state index in [1.54, 1.807) is 0 Å². The molecule has 0 aromatic carbocycles. The summed E-state index contributed by atoms with van der Waals surface area (Å²) in [6.07, 6.45) is 1.32. The van der Waals surface area contributed by atoms with E-state index >= 15 is 0 Å². The molecular formula is C10H22N2. The first kappa shape index (κ1) is 10.0. The van der Waals surface area contributed by atoms with Gasteiger partial charge in [-0.05, 0) is 39.5 Å². The van der Waals surface area contributed by atoms with Gasteiger partial charge < -0.3 is 9.80 Å². The number of rotatable bonds is 1. The molecule has 12 heavy (non-hydrogen) atoms. The summed E-state index contributed by atoms with van der Waals surface area (Å²) in [5, 5.41) is 0. The summed E-state index contributed by atoms with van der Waals surface area (Å²) in [5.41, 5.74) is 0. The SMILES string of the molecule is CC(C)C1CN(C)CCCN1C. The van der Waals surface area contributed by atoms with E-state index in [1.165, 1.54) is 26.1 Å². The Morgan fingerprint density at radius 1 is 1.17 bits per heavy atom. The Labute approximate surface area is 76.5 Å². The Morgan fingerprint density at radius 3 is 2.42 bits per heavy atom. The zero-order valence-electron chi connectivity index (χ0n) is 8.88. The third-order valence-corrected chi connectivity index (χ3v) is 2.89. The minimum Gasteiger partial charge on any atom is -0.305 e. The van der Waals surface area contributed by atoms with E-state index in [0.717, 1.165) is 12.0 Å². The first-order valence-electron chi connectivity index (χ1n) is 5.00. The van der Waals surface area contributed by atoms with E-state index in [1.807, 2.05) is 0 Å². The van der Waals surface area contributed by atoms with Crippen LogP contribution in [0.15, 0.2) is 0 Å². The summed E-state index contributed by atoms with van der Waals surface area (Å²) >= 11 is 0. The van der Waals surface area contributed by atoms with Crippen LogP contribution in [-0.2, 0) is 0 Å². The Hall–Kier alpha value is -0.0800. The Morgan fingerprint density at radius 2 is 1.83 bits per heavy atom. The Bertz CT molecular complexity index is 134. The molecule has 0 aliphatic carbocycles. The predicted octanol–water partition coefficient (Wildman–Crippen LogP) is 1.28. The molecule has 72 valence electrons. The lowest BCUT2D eigenvalue weighted by atomic mass is 10.0. The topological polar surface area (TPSA) is 6.48 Å². The highest BCUT2D eigenvalue weighted by atomic mass is 15.2. The number of hydrogen-bond acceptors (Lipinski definition) is 2. The van der Waals surface area contributed by atoms with Crippen molar-refractivity contribution < 1.29 is 0 Å². The van der Waals surface area contributed by atoms with Gasteiger partial charge in [-0.15, -0.1) is 0 Å². The molecule has 1 atom stereocenters. The molecule has 1 rings (SSSR count). The first-order valence-corrected chi connectivity index (χ1v) is 5.00. The molecule has 1 saturated heterocycles. The minimum atomic E-state index is 0.748. The molecule has 2 nitrogen and oxygen atoms in total. The molecule has 0 spiro atoms. The van der Waals surface area contributed by atoms with Crippen LogP contribution in [0.5, 0.6) is 0 Å². The minimum absolute atomic E-state index is 0.748. The van der Waals surface area contributed by atoms with E-state index in [2.05, 4.69) is 37.7 Å². The summed E-state index contributed by atoms with van der Waals surface area (Å²) in [5.74, 6) is 0.774. The van der Waals surface area contributed by atoms with Gasteiger partial charge in [0.25, 0.3) is 0 Å². The lowest BCUT2D eigenvalue weighted by Gasteiger charge is -2.30. The van der Waals surface area contributed by atoms with Crippen LogP contribution in [0, 0.1) is 5.92 Å². The molecule has 0 radical (unpaired) electrons. The van der Waals surface area contributed by atoms with Crippen LogP contribution in [0.2, 0.25) is 0 Å². The van der Waals surface area contributed by atoms with Gasteiger partial charge >= 0.3 is 0 Å². The van der Waals surface area contributed by atoms with Crippen molar-refractivity contribution in [3.05, 3.63) is 0 Å². The van der Waals surface area contributed by atoms with E-state index in [-0.39, 0.29) is 0 Å². The van der Waals surface area contributed by atoms with Crippen molar-refractivity contribution in [1.82, 2.24) is 9.80 Å². The lowest BCUT2D eigenvalue weighted by molar-refractivity contribution is 0.178. The van der Waals surface area contributed by atoms with E-state index in [9.17, 15) is 0 Å². The van der Waals surface area contributed by atoms with Crippen LogP contribution in [0.3, 0.4) is 0 Å². The van der Waals surface area contributed by atoms with Crippen molar-refractivity contribution in [2.75, 3.05) is 33.7 Å². The van der Waals surface area contributed by atoms with Gasteiger partial charge in [0.05, 0.1) is 0 Å².